The Hall–Kier alpha value is -1.81. The van der Waals surface area contributed by atoms with E-state index in [1.165, 1.54) is 43.6 Å². The maximum atomic E-state index is 13.1. The normalized spacial score (nSPS) is 37.0. The number of hydrogen-bond acceptors (Lipinski definition) is 4. The summed E-state index contributed by atoms with van der Waals surface area (Å²) in [4.78, 5) is 18.2. The quantitative estimate of drug-likeness (QED) is 0.766. The first-order valence-corrected chi connectivity index (χ1v) is 10.7. The zero-order valence-corrected chi connectivity index (χ0v) is 16.3. The lowest BCUT2D eigenvalue weighted by Crippen LogP contribution is -2.62. The predicted molar refractivity (Wildman–Crippen MR) is 105 cm³/mol. The molecule has 0 amide bonds. The average molecular weight is 364 g/mol. The van der Waals surface area contributed by atoms with E-state index in [1.54, 1.807) is 0 Å². The Balaban J connectivity index is 1.60. The van der Waals surface area contributed by atoms with Crippen LogP contribution in [0.2, 0.25) is 0 Å². The average Bonchev–Trinajstić information content (AvgIpc) is 3.32. The van der Waals surface area contributed by atoms with Crippen LogP contribution in [0.1, 0.15) is 51.0 Å². The van der Waals surface area contributed by atoms with Crippen LogP contribution in [-0.4, -0.2) is 42.6 Å². The van der Waals surface area contributed by atoms with E-state index in [-0.39, 0.29) is 11.4 Å². The minimum atomic E-state index is -0.140. The van der Waals surface area contributed by atoms with Crippen molar-refractivity contribution in [1.82, 2.24) is 4.90 Å². The second-order valence-corrected chi connectivity index (χ2v) is 9.15. The lowest BCUT2D eigenvalue weighted by atomic mass is 9.62. The molecule has 4 atom stereocenters. The van der Waals surface area contributed by atoms with Crippen molar-refractivity contribution in [2.75, 3.05) is 24.6 Å². The number of benzene rings is 1. The second kappa shape index (κ2) is 5.16. The van der Waals surface area contributed by atoms with Crippen LogP contribution in [0.4, 0.5) is 5.69 Å². The molecule has 4 heterocycles. The molecule has 0 radical (unpaired) electrons. The van der Waals surface area contributed by atoms with E-state index in [2.05, 4.69) is 47.1 Å². The molecule has 4 nitrogen and oxygen atoms in total. The van der Waals surface area contributed by atoms with Crippen LogP contribution in [0, 0.1) is 10.8 Å². The number of piperidine rings is 1. The van der Waals surface area contributed by atoms with Crippen molar-refractivity contribution in [3.63, 3.8) is 0 Å². The van der Waals surface area contributed by atoms with Crippen molar-refractivity contribution in [2.45, 2.75) is 57.5 Å². The van der Waals surface area contributed by atoms with Crippen molar-refractivity contribution in [1.29, 1.82) is 0 Å². The molecule has 0 bridgehead atoms. The monoisotopic (exact) mass is 364 g/mol. The predicted octanol–water partition coefficient (Wildman–Crippen LogP) is 3.68. The van der Waals surface area contributed by atoms with Crippen LogP contribution < -0.4 is 4.90 Å². The molecule has 0 aromatic heterocycles. The third-order valence-corrected chi connectivity index (χ3v) is 8.35. The molecule has 4 heteroatoms. The number of nitrogens with zero attached hydrogens (tertiary/aromatic N) is 2. The molecule has 1 aliphatic carbocycles. The van der Waals surface area contributed by atoms with E-state index in [4.69, 9.17) is 4.74 Å². The molecule has 1 aromatic carbocycles. The highest BCUT2D eigenvalue weighted by molar-refractivity contribution is 5.95. The molecule has 2 saturated heterocycles. The summed E-state index contributed by atoms with van der Waals surface area (Å²) in [7, 11) is 0. The van der Waals surface area contributed by atoms with Gasteiger partial charge in [-0.15, -0.1) is 0 Å². The Kier molecular flexibility index (Phi) is 3.09. The Labute approximate surface area is 161 Å². The van der Waals surface area contributed by atoms with Crippen LogP contribution >= 0.6 is 0 Å². The summed E-state index contributed by atoms with van der Waals surface area (Å²) in [5.74, 6) is 0.388. The topological polar surface area (TPSA) is 32.8 Å². The van der Waals surface area contributed by atoms with Crippen LogP contribution in [0.5, 0.6) is 0 Å². The fraction of sp³-hybridized carbons (Fsp3) is 0.609. The molecule has 5 aliphatic rings. The third-order valence-electron chi connectivity index (χ3n) is 8.35. The van der Waals surface area contributed by atoms with Gasteiger partial charge in [0.05, 0.1) is 12.6 Å². The van der Waals surface area contributed by atoms with Gasteiger partial charge in [-0.1, -0.05) is 25.1 Å². The van der Waals surface area contributed by atoms with Gasteiger partial charge in [0.25, 0.3) is 0 Å². The minimum absolute atomic E-state index is 0.122. The van der Waals surface area contributed by atoms with Crippen molar-refractivity contribution >= 4 is 11.7 Å². The standard InChI is InChI=1S/C23H28N2O2/c1-3-23-13-18(21(26)27-4-2)25-17-8-6-5-7-15(17)16-9-12-24(20(23)19(16)25)14-22(23)10-11-22/h5-8,13,16,19-20H,3-4,9-12,14H2,1-2H3. The van der Waals surface area contributed by atoms with Gasteiger partial charge < -0.3 is 9.64 Å². The van der Waals surface area contributed by atoms with Gasteiger partial charge in [0.1, 0.15) is 5.70 Å². The summed E-state index contributed by atoms with van der Waals surface area (Å²) in [6, 6.07) is 9.64. The number of carbonyl (C=O) groups is 1. The van der Waals surface area contributed by atoms with E-state index in [0.29, 0.717) is 30.0 Å². The number of hydrogen-bond donors (Lipinski definition) is 0. The first-order valence-electron chi connectivity index (χ1n) is 10.7. The molecule has 4 unspecified atom stereocenters. The summed E-state index contributed by atoms with van der Waals surface area (Å²) in [5, 5.41) is 0. The Morgan fingerprint density at radius 1 is 1.26 bits per heavy atom. The Bertz CT molecular complexity index is 858. The lowest BCUT2D eigenvalue weighted by molar-refractivity contribution is -0.139. The molecule has 3 fully saturated rings. The number of fused-ring (bicyclic) bond motifs is 4. The number of para-hydroxylation sites is 1. The summed E-state index contributed by atoms with van der Waals surface area (Å²) < 4.78 is 5.55. The molecule has 142 valence electrons. The number of esters is 1. The van der Waals surface area contributed by atoms with Gasteiger partial charge in [0, 0.05) is 29.6 Å². The zero-order chi connectivity index (χ0) is 18.4. The molecule has 27 heavy (non-hydrogen) atoms. The van der Waals surface area contributed by atoms with Crippen molar-refractivity contribution < 1.29 is 9.53 Å². The van der Waals surface area contributed by atoms with Gasteiger partial charge in [-0.05, 0) is 62.3 Å². The van der Waals surface area contributed by atoms with E-state index in [0.717, 1.165) is 12.1 Å². The molecule has 1 aromatic rings. The van der Waals surface area contributed by atoms with Gasteiger partial charge >= 0.3 is 5.97 Å². The van der Waals surface area contributed by atoms with Gasteiger partial charge in [-0.2, -0.15) is 0 Å². The van der Waals surface area contributed by atoms with E-state index < -0.39 is 0 Å². The number of ether oxygens (including phenoxy) is 1. The molecule has 1 saturated carbocycles. The maximum absolute atomic E-state index is 13.1. The van der Waals surface area contributed by atoms with Gasteiger partial charge in [-0.3, -0.25) is 4.90 Å². The molecule has 6 rings (SSSR count). The van der Waals surface area contributed by atoms with E-state index >= 15 is 0 Å². The Morgan fingerprint density at radius 3 is 2.81 bits per heavy atom. The lowest BCUT2D eigenvalue weighted by Gasteiger charge is -2.53. The maximum Gasteiger partial charge on any atom is 0.354 e. The smallest absolute Gasteiger partial charge is 0.354 e. The SMILES string of the molecule is CCOC(=O)C1=CC2(CC)C3C4C(CCN3CC23CC3)c2ccccc2N14. The van der Waals surface area contributed by atoms with Crippen molar-refractivity contribution in [3.05, 3.63) is 41.6 Å². The molecular formula is C23H28N2O2. The molecule has 0 N–H and O–H groups in total. The fourth-order valence-electron chi connectivity index (χ4n) is 7.22. The Morgan fingerprint density at radius 2 is 2.07 bits per heavy atom. The van der Waals surface area contributed by atoms with Crippen LogP contribution in [0.3, 0.4) is 0 Å². The highest BCUT2D eigenvalue weighted by atomic mass is 16.5. The summed E-state index contributed by atoms with van der Waals surface area (Å²) in [6.07, 6.45) is 7.30. The van der Waals surface area contributed by atoms with Gasteiger partial charge in [-0.25, -0.2) is 4.79 Å². The van der Waals surface area contributed by atoms with Gasteiger partial charge in [0.2, 0.25) is 0 Å². The molecule has 4 aliphatic heterocycles. The zero-order valence-electron chi connectivity index (χ0n) is 16.3. The van der Waals surface area contributed by atoms with E-state index in [1.807, 2.05) is 6.92 Å². The summed E-state index contributed by atoms with van der Waals surface area (Å²) >= 11 is 0. The first kappa shape index (κ1) is 16.2. The minimum Gasteiger partial charge on any atom is -0.461 e. The largest absolute Gasteiger partial charge is 0.461 e. The van der Waals surface area contributed by atoms with Crippen LogP contribution in [0.25, 0.3) is 0 Å². The molecular weight excluding hydrogens is 336 g/mol. The summed E-state index contributed by atoms with van der Waals surface area (Å²) in [5.41, 5.74) is 3.98. The van der Waals surface area contributed by atoms with Gasteiger partial charge in [0.15, 0.2) is 0 Å². The van der Waals surface area contributed by atoms with Crippen molar-refractivity contribution in [3.8, 4) is 0 Å². The highest BCUT2D eigenvalue weighted by Crippen LogP contribution is 2.72. The van der Waals surface area contributed by atoms with Crippen molar-refractivity contribution in [2.24, 2.45) is 10.8 Å². The molecule has 1 spiro atoms. The summed E-state index contributed by atoms with van der Waals surface area (Å²) in [6.45, 7) is 7.08. The fourth-order valence-corrected chi connectivity index (χ4v) is 7.22. The second-order valence-electron chi connectivity index (χ2n) is 9.15. The number of carbonyl (C=O) groups excluding carboxylic acids is 1. The number of anilines is 1. The first-order chi connectivity index (χ1) is 13.2. The highest BCUT2D eigenvalue weighted by Gasteiger charge is 2.72. The number of rotatable bonds is 3. The van der Waals surface area contributed by atoms with Crippen LogP contribution in [0.15, 0.2) is 36.0 Å². The van der Waals surface area contributed by atoms with E-state index in [9.17, 15) is 4.79 Å². The third kappa shape index (κ3) is 1.76. The van der Waals surface area contributed by atoms with Crippen LogP contribution in [-0.2, 0) is 9.53 Å².